The highest BCUT2D eigenvalue weighted by molar-refractivity contribution is 4.84. The Balaban J connectivity index is 2.76. The summed E-state index contributed by atoms with van der Waals surface area (Å²) in [6.45, 7) is -0.358. The van der Waals surface area contributed by atoms with Gasteiger partial charge in [0.1, 0.15) is 12.3 Å². The SMILES string of the molecule is [O]Cc1cnon1. The highest BCUT2D eigenvalue weighted by atomic mass is 16.6. The number of nitrogens with zero attached hydrogens (tertiary/aromatic N) is 2. The smallest absolute Gasteiger partial charge is 0.134 e. The Morgan fingerprint density at radius 3 is 3.00 bits per heavy atom. The van der Waals surface area contributed by atoms with Gasteiger partial charge in [-0.15, -0.1) is 0 Å². The molecule has 1 rings (SSSR count). The monoisotopic (exact) mass is 99.0 g/mol. The molecular formula is C3H3N2O2. The van der Waals surface area contributed by atoms with Crippen molar-refractivity contribution in [3.63, 3.8) is 0 Å². The molecule has 0 atom stereocenters. The van der Waals surface area contributed by atoms with Crippen LogP contribution in [0.15, 0.2) is 10.8 Å². The molecular weight excluding hydrogens is 96.0 g/mol. The van der Waals surface area contributed by atoms with Crippen LogP contribution in [0.2, 0.25) is 0 Å². The Hall–Kier alpha value is -0.900. The summed E-state index contributed by atoms with van der Waals surface area (Å²) in [6.07, 6.45) is 1.30. The van der Waals surface area contributed by atoms with E-state index in [0.29, 0.717) is 5.69 Å². The Kier molecular flexibility index (Phi) is 1.04. The third-order valence-corrected chi connectivity index (χ3v) is 0.555. The zero-order chi connectivity index (χ0) is 5.11. The van der Waals surface area contributed by atoms with Crippen molar-refractivity contribution in [1.29, 1.82) is 0 Å². The van der Waals surface area contributed by atoms with Crippen molar-refractivity contribution >= 4 is 0 Å². The molecule has 0 bridgehead atoms. The maximum absolute atomic E-state index is 9.83. The molecule has 0 unspecified atom stereocenters. The second-order valence-electron chi connectivity index (χ2n) is 1.04. The molecule has 0 aliphatic rings. The highest BCUT2D eigenvalue weighted by Gasteiger charge is 1.90. The number of rotatable bonds is 1. The summed E-state index contributed by atoms with van der Waals surface area (Å²) in [5.41, 5.74) is 0.347. The average molecular weight is 99.1 g/mol. The van der Waals surface area contributed by atoms with Gasteiger partial charge in [-0.3, -0.25) is 0 Å². The minimum atomic E-state index is -0.358. The molecule has 1 aromatic heterocycles. The first-order valence-corrected chi connectivity index (χ1v) is 1.78. The van der Waals surface area contributed by atoms with Gasteiger partial charge in [0.25, 0.3) is 0 Å². The lowest BCUT2D eigenvalue weighted by atomic mass is 10.5. The molecule has 0 N–H and O–H groups in total. The lowest BCUT2D eigenvalue weighted by Crippen LogP contribution is -1.75. The summed E-state index contributed by atoms with van der Waals surface area (Å²) in [5, 5.41) is 16.3. The zero-order valence-corrected chi connectivity index (χ0v) is 3.50. The van der Waals surface area contributed by atoms with Crippen LogP contribution in [0.25, 0.3) is 0 Å². The summed E-state index contributed by atoms with van der Waals surface area (Å²) in [7, 11) is 0. The van der Waals surface area contributed by atoms with E-state index < -0.39 is 0 Å². The van der Waals surface area contributed by atoms with Gasteiger partial charge in [-0.25, -0.2) is 9.74 Å². The fourth-order valence-corrected chi connectivity index (χ4v) is 0.248. The van der Waals surface area contributed by atoms with Crippen molar-refractivity contribution < 1.29 is 9.74 Å². The largest absolute Gasteiger partial charge is 0.244 e. The predicted octanol–water partition coefficient (Wildman–Crippen LogP) is 0.0001000. The topological polar surface area (TPSA) is 58.8 Å². The van der Waals surface area contributed by atoms with E-state index in [1.165, 1.54) is 6.20 Å². The van der Waals surface area contributed by atoms with Crippen molar-refractivity contribution in [3.8, 4) is 0 Å². The first-order chi connectivity index (χ1) is 3.43. The predicted molar refractivity (Wildman–Crippen MR) is 18.7 cm³/mol. The molecule has 0 aromatic carbocycles. The Morgan fingerprint density at radius 2 is 2.71 bits per heavy atom. The minimum Gasteiger partial charge on any atom is -0.244 e. The van der Waals surface area contributed by atoms with E-state index in [1.54, 1.807) is 0 Å². The summed E-state index contributed by atoms with van der Waals surface area (Å²) in [4.78, 5) is 0. The van der Waals surface area contributed by atoms with E-state index in [2.05, 4.69) is 14.9 Å². The van der Waals surface area contributed by atoms with Crippen LogP contribution in [0.5, 0.6) is 0 Å². The molecule has 0 saturated heterocycles. The molecule has 0 aliphatic carbocycles. The Bertz CT molecular complexity index is 125. The van der Waals surface area contributed by atoms with Crippen molar-refractivity contribution in [2.75, 3.05) is 0 Å². The van der Waals surface area contributed by atoms with E-state index >= 15 is 0 Å². The standard InChI is InChI=1S/C3H3N2O2/c6-2-3-1-4-7-5-3/h1H,2H2. The Morgan fingerprint density at radius 1 is 1.86 bits per heavy atom. The van der Waals surface area contributed by atoms with E-state index in [4.69, 9.17) is 0 Å². The quantitative estimate of drug-likeness (QED) is 0.497. The summed E-state index contributed by atoms with van der Waals surface area (Å²) in [6, 6.07) is 0. The van der Waals surface area contributed by atoms with Gasteiger partial charge in [0, 0.05) is 0 Å². The van der Waals surface area contributed by atoms with Crippen LogP contribution in [0.3, 0.4) is 0 Å². The normalized spacial score (nSPS) is 9.29. The van der Waals surface area contributed by atoms with Gasteiger partial charge in [-0.1, -0.05) is 10.3 Å². The summed E-state index contributed by atoms with van der Waals surface area (Å²) < 4.78 is 4.11. The third-order valence-electron chi connectivity index (χ3n) is 0.555. The van der Waals surface area contributed by atoms with Crippen LogP contribution in [-0.2, 0) is 11.7 Å². The molecule has 4 nitrogen and oxygen atoms in total. The number of hydrogen-bond acceptors (Lipinski definition) is 3. The molecule has 4 heteroatoms. The molecule has 37 valence electrons. The molecule has 0 spiro atoms. The first-order valence-electron chi connectivity index (χ1n) is 1.78. The average Bonchev–Trinajstić information content (AvgIpc) is 2.14. The van der Waals surface area contributed by atoms with Gasteiger partial charge in [0.15, 0.2) is 0 Å². The fourth-order valence-electron chi connectivity index (χ4n) is 0.248. The van der Waals surface area contributed by atoms with Crippen LogP contribution >= 0.6 is 0 Å². The molecule has 7 heavy (non-hydrogen) atoms. The van der Waals surface area contributed by atoms with Gasteiger partial charge < -0.3 is 0 Å². The van der Waals surface area contributed by atoms with Crippen molar-refractivity contribution in [2.24, 2.45) is 0 Å². The highest BCUT2D eigenvalue weighted by Crippen LogP contribution is 1.86. The van der Waals surface area contributed by atoms with Crippen LogP contribution in [0.1, 0.15) is 5.69 Å². The second kappa shape index (κ2) is 1.70. The summed E-state index contributed by atoms with van der Waals surface area (Å²) in [5.74, 6) is 0. The van der Waals surface area contributed by atoms with Crippen molar-refractivity contribution in [3.05, 3.63) is 11.9 Å². The van der Waals surface area contributed by atoms with E-state index in [-0.39, 0.29) is 6.61 Å². The van der Waals surface area contributed by atoms with Crippen LogP contribution in [0.4, 0.5) is 0 Å². The minimum absolute atomic E-state index is 0.347. The van der Waals surface area contributed by atoms with Gasteiger partial charge in [0.05, 0.1) is 6.20 Å². The lowest BCUT2D eigenvalue weighted by molar-refractivity contribution is 0.168. The maximum atomic E-state index is 9.83. The van der Waals surface area contributed by atoms with Gasteiger partial charge in [0.2, 0.25) is 0 Å². The molecule has 0 aliphatic heterocycles. The second-order valence-corrected chi connectivity index (χ2v) is 1.04. The first kappa shape index (κ1) is 4.26. The van der Waals surface area contributed by atoms with Crippen molar-refractivity contribution in [1.82, 2.24) is 10.3 Å². The molecule has 1 radical (unpaired) electrons. The molecule has 0 fully saturated rings. The van der Waals surface area contributed by atoms with E-state index in [0.717, 1.165) is 0 Å². The molecule has 0 saturated carbocycles. The van der Waals surface area contributed by atoms with E-state index in [1.807, 2.05) is 0 Å². The zero-order valence-electron chi connectivity index (χ0n) is 3.50. The van der Waals surface area contributed by atoms with Crippen LogP contribution in [0, 0.1) is 0 Å². The molecule has 1 heterocycles. The summed E-state index contributed by atoms with van der Waals surface area (Å²) >= 11 is 0. The number of hydrogen-bond donors (Lipinski definition) is 0. The van der Waals surface area contributed by atoms with Gasteiger partial charge in [-0.05, 0) is 0 Å². The van der Waals surface area contributed by atoms with Gasteiger partial charge >= 0.3 is 0 Å². The third kappa shape index (κ3) is 0.747. The lowest BCUT2D eigenvalue weighted by Gasteiger charge is -1.69. The van der Waals surface area contributed by atoms with Crippen LogP contribution in [-0.4, -0.2) is 10.3 Å². The number of aromatic nitrogens is 2. The van der Waals surface area contributed by atoms with Gasteiger partial charge in [-0.2, -0.15) is 0 Å². The fraction of sp³-hybridized carbons (Fsp3) is 0.333. The Labute approximate surface area is 39.7 Å². The molecule has 0 amide bonds. The van der Waals surface area contributed by atoms with Crippen molar-refractivity contribution in [2.45, 2.75) is 6.61 Å². The van der Waals surface area contributed by atoms with E-state index in [9.17, 15) is 5.11 Å². The molecule has 1 aromatic rings. The van der Waals surface area contributed by atoms with Crippen LogP contribution < -0.4 is 0 Å². The maximum Gasteiger partial charge on any atom is 0.134 e.